The first-order valence-corrected chi connectivity index (χ1v) is 22.0. The first-order chi connectivity index (χ1) is 28.2. The number of ether oxygens (including phenoxy) is 8. The molecule has 59 heavy (non-hydrogen) atoms. The van der Waals surface area contributed by atoms with Crippen molar-refractivity contribution in [2.75, 3.05) is 117 Å². The monoisotopic (exact) mass is 876 g/mol. The molecule has 0 aliphatic carbocycles. The van der Waals surface area contributed by atoms with Gasteiger partial charge in [-0.15, -0.1) is 0 Å². The second kappa shape index (κ2) is 32.6. The standard InChI is InChI=1S/C20H32O8.C18H27N2P.2BF4/c1-2-4-20-19(3-1)27-17-15-25-13-11-23-9-7-21-5-6-22-8-10-24-12-14-26-16-18-28-20;1-4-21(5-2,6-3)16-15-20-13-9-18(10-14-20)17-7-11-19-12-8-17;2*2-1(3,4)5/h1-4H,5-18H2;7-14H,4-6,15-16H2,1-3H3;;/q;+2;2*-1. The van der Waals surface area contributed by atoms with Crippen LogP contribution in [0.1, 0.15) is 20.8 Å². The highest BCUT2D eigenvalue weighted by Crippen LogP contribution is 2.57. The van der Waals surface area contributed by atoms with Gasteiger partial charge < -0.3 is 72.4 Å². The van der Waals surface area contributed by atoms with Gasteiger partial charge in [-0.3, -0.25) is 4.98 Å². The summed E-state index contributed by atoms with van der Waals surface area (Å²) in [6.07, 6.45) is 13.6. The Bertz CT molecular complexity index is 1360. The van der Waals surface area contributed by atoms with Crippen LogP contribution in [-0.2, 0) is 35.0 Å². The van der Waals surface area contributed by atoms with Gasteiger partial charge in [0.05, 0.1) is 97.8 Å². The van der Waals surface area contributed by atoms with E-state index in [1.165, 1.54) is 35.8 Å². The van der Waals surface area contributed by atoms with Gasteiger partial charge >= 0.3 is 14.5 Å². The predicted octanol–water partition coefficient (Wildman–Crippen LogP) is 8.27. The van der Waals surface area contributed by atoms with Crippen LogP contribution in [0, 0.1) is 0 Å². The number of aryl methyl sites for hydroxylation is 1. The third-order valence-electron chi connectivity index (χ3n) is 8.43. The van der Waals surface area contributed by atoms with Gasteiger partial charge in [0.25, 0.3) is 0 Å². The van der Waals surface area contributed by atoms with E-state index < -0.39 is 21.8 Å². The van der Waals surface area contributed by atoms with E-state index in [1.807, 2.05) is 36.7 Å². The summed E-state index contributed by atoms with van der Waals surface area (Å²) in [5.41, 5.74) is 2.49. The number of hydrogen-bond donors (Lipinski definition) is 0. The number of halogens is 8. The lowest BCUT2D eigenvalue weighted by Gasteiger charge is -2.21. The fourth-order valence-corrected chi connectivity index (χ4v) is 8.07. The van der Waals surface area contributed by atoms with Crippen LogP contribution >= 0.6 is 7.26 Å². The molecule has 1 aliphatic rings. The molecule has 3 aromatic rings. The number of rotatable bonds is 7. The summed E-state index contributed by atoms with van der Waals surface area (Å²) >= 11 is 0. The molecule has 0 radical (unpaired) electrons. The summed E-state index contributed by atoms with van der Waals surface area (Å²) in [6, 6.07) is 16.1. The number of para-hydroxylation sites is 2. The fraction of sp³-hybridized carbons (Fsp3) is 0.579. The minimum atomic E-state index is -6.00. The maximum Gasteiger partial charge on any atom is 0.673 e. The van der Waals surface area contributed by atoms with Crippen molar-refractivity contribution < 1.29 is 77.0 Å². The average Bonchev–Trinajstić information content (AvgIpc) is 3.20. The maximum absolute atomic E-state index is 9.75. The summed E-state index contributed by atoms with van der Waals surface area (Å²) in [5.74, 6) is 1.38. The first kappa shape index (κ1) is 53.9. The van der Waals surface area contributed by atoms with Gasteiger partial charge in [-0.25, -0.2) is 4.57 Å². The lowest BCUT2D eigenvalue weighted by atomic mass is 10.1. The molecule has 3 heterocycles. The van der Waals surface area contributed by atoms with Crippen molar-refractivity contribution in [1.82, 2.24) is 4.98 Å². The van der Waals surface area contributed by atoms with Crippen LogP contribution < -0.4 is 14.0 Å². The van der Waals surface area contributed by atoms with E-state index in [1.54, 1.807) is 0 Å². The van der Waals surface area contributed by atoms with Gasteiger partial charge in [-0.05, 0) is 56.2 Å². The molecule has 0 amide bonds. The van der Waals surface area contributed by atoms with Gasteiger partial charge in [0.2, 0.25) is 0 Å². The van der Waals surface area contributed by atoms with E-state index in [-0.39, 0.29) is 0 Å². The molecule has 0 saturated heterocycles. The maximum atomic E-state index is 9.75. The van der Waals surface area contributed by atoms with E-state index in [4.69, 9.17) is 37.9 Å². The molecule has 2 aromatic heterocycles. The number of benzene rings is 1. The van der Waals surface area contributed by atoms with Gasteiger partial charge in [-0.2, -0.15) is 0 Å². The predicted molar refractivity (Wildman–Crippen MR) is 216 cm³/mol. The molecular weight excluding hydrogens is 817 g/mol. The van der Waals surface area contributed by atoms with Crippen LogP contribution in [0.4, 0.5) is 34.5 Å². The molecule has 0 fully saturated rings. The van der Waals surface area contributed by atoms with Crippen LogP contribution in [0.3, 0.4) is 0 Å². The second-order valence-corrected chi connectivity index (χ2v) is 17.4. The molecule has 1 aromatic carbocycles. The Balaban J connectivity index is 0.000000490. The van der Waals surface area contributed by atoms with E-state index in [2.05, 4.69) is 67.0 Å². The highest BCUT2D eigenvalue weighted by Gasteiger charge is 2.32. The Kier molecular flexibility index (Phi) is 29.8. The number of nitrogens with zero attached hydrogens (tertiary/aromatic N) is 2. The molecule has 0 bridgehead atoms. The summed E-state index contributed by atoms with van der Waals surface area (Å²) in [7, 11) is -12.7. The molecule has 0 N–H and O–H groups in total. The zero-order chi connectivity index (χ0) is 43.7. The summed E-state index contributed by atoms with van der Waals surface area (Å²) in [6.45, 7) is 15.4. The average molecular weight is 876 g/mol. The summed E-state index contributed by atoms with van der Waals surface area (Å²) < 4.78 is 125. The molecular formula is C38H59B2F8N2O8P. The van der Waals surface area contributed by atoms with Crippen molar-refractivity contribution in [3.8, 4) is 22.6 Å². The van der Waals surface area contributed by atoms with Crippen molar-refractivity contribution in [2.24, 2.45) is 0 Å². The van der Waals surface area contributed by atoms with Crippen LogP contribution in [0.25, 0.3) is 11.1 Å². The SMILES string of the molecule is CC[P+](CC)(CC)CC[n+]1ccc(-c2ccncc2)cc1.F[B-](F)(F)F.F[B-](F)(F)F.c1ccc2c(c1)OCCOCCOCCOCCOCCOCCOCCO2. The number of aromatic nitrogens is 2. The highest BCUT2D eigenvalue weighted by molar-refractivity contribution is 7.75. The van der Waals surface area contributed by atoms with Crippen molar-refractivity contribution in [3.63, 3.8) is 0 Å². The molecule has 0 spiro atoms. The molecule has 0 saturated carbocycles. The van der Waals surface area contributed by atoms with Gasteiger partial charge in [0.1, 0.15) is 19.4 Å². The van der Waals surface area contributed by atoms with Crippen LogP contribution in [-0.4, -0.2) is 137 Å². The fourth-order valence-electron chi connectivity index (χ4n) is 5.13. The Hall–Kier alpha value is -3.12. The first-order valence-electron chi connectivity index (χ1n) is 19.5. The Morgan fingerprint density at radius 2 is 0.797 bits per heavy atom. The van der Waals surface area contributed by atoms with Crippen molar-refractivity contribution >= 4 is 21.8 Å². The van der Waals surface area contributed by atoms with Crippen molar-refractivity contribution in [3.05, 3.63) is 73.3 Å². The molecule has 10 nitrogen and oxygen atoms in total. The molecule has 4 rings (SSSR count). The Morgan fingerprint density at radius 3 is 1.12 bits per heavy atom. The van der Waals surface area contributed by atoms with Gasteiger partial charge in [0.15, 0.2) is 30.4 Å². The van der Waals surface area contributed by atoms with E-state index in [0.29, 0.717) is 104 Å². The lowest BCUT2D eigenvalue weighted by molar-refractivity contribution is -0.692. The Labute approximate surface area is 343 Å². The van der Waals surface area contributed by atoms with E-state index in [9.17, 15) is 34.5 Å². The summed E-state index contributed by atoms with van der Waals surface area (Å²) in [5, 5.41) is 0. The minimum Gasteiger partial charge on any atom is -0.487 e. The molecule has 0 atom stereocenters. The molecule has 0 unspecified atom stereocenters. The zero-order valence-corrected chi connectivity index (χ0v) is 35.0. The van der Waals surface area contributed by atoms with Crippen LogP contribution in [0.15, 0.2) is 73.3 Å². The van der Waals surface area contributed by atoms with E-state index >= 15 is 0 Å². The number of pyridine rings is 2. The van der Waals surface area contributed by atoms with Crippen LogP contribution in [0.5, 0.6) is 11.5 Å². The third-order valence-corrected chi connectivity index (χ3v) is 13.6. The van der Waals surface area contributed by atoms with Gasteiger partial charge in [0, 0.05) is 31.8 Å². The quantitative estimate of drug-likeness (QED) is 0.101. The highest BCUT2D eigenvalue weighted by atomic mass is 31.2. The zero-order valence-electron chi connectivity index (χ0n) is 34.1. The van der Waals surface area contributed by atoms with Crippen molar-refractivity contribution in [1.29, 1.82) is 0 Å². The van der Waals surface area contributed by atoms with Gasteiger partial charge in [-0.1, -0.05) is 12.1 Å². The second-order valence-electron chi connectivity index (χ2n) is 12.4. The van der Waals surface area contributed by atoms with E-state index in [0.717, 1.165) is 6.54 Å². The Morgan fingerprint density at radius 1 is 0.492 bits per heavy atom. The molecule has 336 valence electrons. The summed E-state index contributed by atoms with van der Waals surface area (Å²) in [4.78, 5) is 4.07. The normalized spacial score (nSPS) is 16.0. The third kappa shape index (κ3) is 31.4. The molecule has 1 aliphatic heterocycles. The topological polar surface area (TPSA) is 90.6 Å². The number of hydrogen-bond acceptors (Lipinski definition) is 9. The lowest BCUT2D eigenvalue weighted by Crippen LogP contribution is -2.35. The molecule has 21 heteroatoms. The van der Waals surface area contributed by atoms with Crippen LogP contribution in [0.2, 0.25) is 0 Å². The smallest absolute Gasteiger partial charge is 0.487 e. The number of fused-ring (bicyclic) bond motifs is 1. The van der Waals surface area contributed by atoms with Crippen molar-refractivity contribution in [2.45, 2.75) is 27.3 Å². The largest absolute Gasteiger partial charge is 0.673 e. The minimum absolute atomic E-state index is 0.442.